The second-order valence-electron chi connectivity index (χ2n) is 8.37. The lowest BCUT2D eigenvalue weighted by Crippen LogP contribution is -2.52. The highest BCUT2D eigenvalue weighted by molar-refractivity contribution is 6.30. The Morgan fingerprint density at radius 2 is 1.75 bits per heavy atom. The second kappa shape index (κ2) is 10.4. The van der Waals surface area contributed by atoms with E-state index in [0.717, 1.165) is 21.3 Å². The van der Waals surface area contributed by atoms with Gasteiger partial charge < -0.3 is 9.47 Å². The van der Waals surface area contributed by atoms with Gasteiger partial charge in [0.15, 0.2) is 0 Å². The van der Waals surface area contributed by atoms with Crippen LogP contribution in [0.15, 0.2) is 63.1 Å². The number of benzene rings is 2. The number of hydrogen-bond donors (Lipinski definition) is 1. The van der Waals surface area contributed by atoms with E-state index in [2.05, 4.69) is 14.7 Å². The van der Waals surface area contributed by atoms with Gasteiger partial charge in [-0.2, -0.15) is 0 Å². The second-order valence-corrected chi connectivity index (χ2v) is 8.80. The highest BCUT2D eigenvalue weighted by atomic mass is 35.5. The number of esters is 1. The summed E-state index contributed by atoms with van der Waals surface area (Å²) in [6, 6.07) is 11.3. The van der Waals surface area contributed by atoms with Gasteiger partial charge in [0.05, 0.1) is 24.8 Å². The molecule has 1 N–H and O–H groups in total. The van der Waals surface area contributed by atoms with Crippen LogP contribution in [0.5, 0.6) is 5.75 Å². The van der Waals surface area contributed by atoms with Gasteiger partial charge in [-0.1, -0.05) is 29.8 Å². The Morgan fingerprint density at radius 3 is 2.36 bits per heavy atom. The highest BCUT2D eigenvalue weighted by Gasteiger charge is 2.32. The van der Waals surface area contributed by atoms with Crippen molar-refractivity contribution < 1.29 is 27.4 Å². The lowest BCUT2D eigenvalue weighted by Gasteiger charge is -2.22. The number of carbonyl (C=O) groups is 1. The zero-order valence-corrected chi connectivity index (χ0v) is 20.2. The molecule has 0 atom stereocenters. The van der Waals surface area contributed by atoms with Crippen molar-refractivity contribution in [1.82, 2.24) is 14.1 Å². The molecule has 0 aliphatic heterocycles. The molecule has 0 unspecified atom stereocenters. The summed E-state index contributed by atoms with van der Waals surface area (Å²) in [6.07, 6.45) is -4.91. The minimum Gasteiger partial charge on any atom is -0.469 e. The Morgan fingerprint density at radius 1 is 1.08 bits per heavy atom. The van der Waals surface area contributed by atoms with Crippen LogP contribution in [-0.4, -0.2) is 33.6 Å². The summed E-state index contributed by atoms with van der Waals surface area (Å²) in [5.41, 5.74) is -2.50. The average molecular weight is 527 g/mol. The monoisotopic (exact) mass is 526 g/mol. The summed E-state index contributed by atoms with van der Waals surface area (Å²) < 4.78 is 48.5. The van der Waals surface area contributed by atoms with Crippen molar-refractivity contribution in [1.29, 1.82) is 0 Å². The zero-order chi connectivity index (χ0) is 26.7. The summed E-state index contributed by atoms with van der Waals surface area (Å²) in [5.74, 6) is -1.16. The lowest BCUT2D eigenvalue weighted by atomic mass is 9.94. The number of rotatable bonds is 7. The first kappa shape index (κ1) is 26.8. The van der Waals surface area contributed by atoms with Gasteiger partial charge in [-0.05, 0) is 43.7 Å². The fourth-order valence-electron chi connectivity index (χ4n) is 3.31. The number of nitrogens with zero attached hydrogens (tertiary/aromatic N) is 3. The third kappa shape index (κ3) is 6.66. The van der Waals surface area contributed by atoms with E-state index in [1.54, 1.807) is 24.3 Å². The summed E-state index contributed by atoms with van der Waals surface area (Å²) in [7, 11) is 1.19. The molecule has 3 rings (SSSR count). The highest BCUT2D eigenvalue weighted by Crippen LogP contribution is 2.26. The predicted molar refractivity (Wildman–Crippen MR) is 124 cm³/mol. The first-order valence-electron chi connectivity index (χ1n) is 10.5. The number of carbonyl (C=O) groups excluding carboxylic acids is 1. The Bertz CT molecular complexity index is 1440. The number of methoxy groups -OCH3 is 1. The van der Waals surface area contributed by atoms with Crippen molar-refractivity contribution in [3.05, 3.63) is 85.7 Å². The first-order chi connectivity index (χ1) is 16.8. The van der Waals surface area contributed by atoms with Crippen LogP contribution >= 0.6 is 11.6 Å². The van der Waals surface area contributed by atoms with Gasteiger partial charge in [-0.3, -0.25) is 14.3 Å². The van der Waals surface area contributed by atoms with Crippen LogP contribution in [-0.2, 0) is 22.6 Å². The molecule has 3 aromatic rings. The normalized spacial score (nSPS) is 12.5. The van der Waals surface area contributed by atoms with Gasteiger partial charge >= 0.3 is 23.7 Å². The van der Waals surface area contributed by atoms with Crippen LogP contribution in [0, 0.1) is 5.41 Å². The van der Waals surface area contributed by atoms with E-state index in [4.69, 9.17) is 16.3 Å². The van der Waals surface area contributed by atoms with Crippen molar-refractivity contribution in [2.45, 2.75) is 33.3 Å². The van der Waals surface area contributed by atoms with E-state index in [-0.39, 0.29) is 24.4 Å². The number of aromatic amines is 1. The Hall–Kier alpha value is -3.80. The number of hydrogen-bond acceptors (Lipinski definition) is 6. The fourth-order valence-corrected chi connectivity index (χ4v) is 3.43. The van der Waals surface area contributed by atoms with Crippen LogP contribution in [0.3, 0.4) is 0 Å². The van der Waals surface area contributed by atoms with Crippen LogP contribution in [0.4, 0.5) is 18.9 Å². The van der Waals surface area contributed by atoms with Crippen molar-refractivity contribution in [3.8, 4) is 5.75 Å². The molecule has 9 nitrogen and oxygen atoms in total. The SMILES string of the molecule is COC(=O)C(C)(C)Cn1c(=O)[nH]/c(=N\c2cccc(OC(F)(F)F)c2)n(Cc2ccc(Cl)cc2)c1=O. The maximum absolute atomic E-state index is 13.4. The summed E-state index contributed by atoms with van der Waals surface area (Å²) in [6.45, 7) is 2.66. The first-order valence-corrected chi connectivity index (χ1v) is 10.8. The largest absolute Gasteiger partial charge is 0.573 e. The van der Waals surface area contributed by atoms with E-state index in [9.17, 15) is 27.6 Å². The number of alkyl halides is 3. The van der Waals surface area contributed by atoms with E-state index in [0.29, 0.717) is 10.6 Å². The number of halogens is 4. The quantitative estimate of drug-likeness (QED) is 0.475. The van der Waals surface area contributed by atoms with Crippen molar-refractivity contribution in [2.24, 2.45) is 10.4 Å². The third-order valence-corrected chi connectivity index (χ3v) is 5.26. The van der Waals surface area contributed by atoms with Crippen molar-refractivity contribution >= 4 is 23.3 Å². The van der Waals surface area contributed by atoms with E-state index in [1.807, 2.05) is 0 Å². The molecule has 36 heavy (non-hydrogen) atoms. The molecule has 0 amide bonds. The maximum atomic E-state index is 13.4. The van der Waals surface area contributed by atoms with Gasteiger partial charge in [0.25, 0.3) is 0 Å². The Kier molecular flexibility index (Phi) is 7.77. The molecule has 0 aliphatic carbocycles. The summed E-state index contributed by atoms with van der Waals surface area (Å²) >= 11 is 5.93. The standard InChI is InChI=1S/C23H22ClF3N4O5/c1-22(2,18(32)35-3)13-31-20(33)29-19(28-16-5-4-6-17(11-16)36-23(25,26)27)30(21(31)34)12-14-7-9-15(24)10-8-14/h4-11H,12-13H2,1-3H3,(H,28,29,33). The van der Waals surface area contributed by atoms with Crippen LogP contribution in [0.1, 0.15) is 19.4 Å². The van der Waals surface area contributed by atoms with Crippen LogP contribution in [0.25, 0.3) is 0 Å². The smallest absolute Gasteiger partial charge is 0.469 e. The number of H-pyrrole nitrogens is 1. The minimum atomic E-state index is -4.91. The fraction of sp³-hybridized carbons (Fsp3) is 0.304. The molecule has 1 heterocycles. The van der Waals surface area contributed by atoms with Gasteiger partial charge in [0, 0.05) is 17.6 Å². The lowest BCUT2D eigenvalue weighted by molar-refractivity contribution is -0.274. The topological polar surface area (TPSA) is 108 Å². The van der Waals surface area contributed by atoms with Crippen molar-refractivity contribution in [3.63, 3.8) is 0 Å². The van der Waals surface area contributed by atoms with Crippen LogP contribution in [0.2, 0.25) is 5.02 Å². The van der Waals surface area contributed by atoms with E-state index < -0.39 is 34.9 Å². The average Bonchev–Trinajstić information content (AvgIpc) is 2.79. The minimum absolute atomic E-state index is 0.00991. The maximum Gasteiger partial charge on any atom is 0.573 e. The molecule has 192 valence electrons. The van der Waals surface area contributed by atoms with E-state index >= 15 is 0 Å². The molecular weight excluding hydrogens is 505 g/mol. The molecule has 0 spiro atoms. The molecule has 0 radical (unpaired) electrons. The Labute approximate surface area is 207 Å². The van der Waals surface area contributed by atoms with Gasteiger partial charge in [-0.25, -0.2) is 19.1 Å². The molecule has 0 fully saturated rings. The third-order valence-electron chi connectivity index (χ3n) is 5.01. The predicted octanol–water partition coefficient (Wildman–Crippen LogP) is 3.37. The van der Waals surface area contributed by atoms with Gasteiger partial charge in [-0.15, -0.1) is 13.2 Å². The molecule has 2 aromatic carbocycles. The van der Waals surface area contributed by atoms with Gasteiger partial charge in [0.1, 0.15) is 5.75 Å². The number of aromatic nitrogens is 3. The molecule has 0 saturated carbocycles. The van der Waals surface area contributed by atoms with Crippen molar-refractivity contribution in [2.75, 3.05) is 7.11 Å². The number of nitrogens with one attached hydrogen (secondary N) is 1. The number of ether oxygens (including phenoxy) is 2. The molecule has 0 saturated heterocycles. The molecule has 13 heteroatoms. The molecule has 0 aliphatic rings. The van der Waals surface area contributed by atoms with Crippen LogP contribution < -0.4 is 21.7 Å². The Balaban J connectivity index is 2.18. The molecule has 0 bridgehead atoms. The summed E-state index contributed by atoms with van der Waals surface area (Å²) in [5, 5.41) is 0.467. The molecule has 1 aromatic heterocycles. The van der Waals surface area contributed by atoms with E-state index in [1.165, 1.54) is 33.1 Å². The summed E-state index contributed by atoms with van der Waals surface area (Å²) in [4.78, 5) is 45.0. The zero-order valence-electron chi connectivity index (χ0n) is 19.4. The van der Waals surface area contributed by atoms with Gasteiger partial charge in [0.2, 0.25) is 5.62 Å². The molecular formula is C23H22ClF3N4O5.